The van der Waals surface area contributed by atoms with Gasteiger partial charge in [-0.15, -0.1) is 0 Å². The summed E-state index contributed by atoms with van der Waals surface area (Å²) in [7, 11) is 0. The van der Waals surface area contributed by atoms with E-state index < -0.39 is 0 Å². The molecule has 0 amide bonds. The van der Waals surface area contributed by atoms with Gasteiger partial charge in [0.1, 0.15) is 0 Å². The molecule has 0 heterocycles. The first-order valence-corrected chi connectivity index (χ1v) is 4.91. The lowest BCUT2D eigenvalue weighted by atomic mass is 10.1. The zero-order valence-electron chi connectivity index (χ0n) is 7.94. The molecule has 72 valence electrons. The van der Waals surface area contributed by atoms with Gasteiger partial charge in [0.05, 0.1) is 6.57 Å². The van der Waals surface area contributed by atoms with Crippen LogP contribution in [0.15, 0.2) is 48.5 Å². The van der Waals surface area contributed by atoms with Gasteiger partial charge in [0.15, 0.2) is 0 Å². The van der Waals surface area contributed by atoms with Crippen LogP contribution in [0.25, 0.3) is 16.0 Å². The van der Waals surface area contributed by atoms with Gasteiger partial charge < -0.3 is 0 Å². The fourth-order valence-corrected chi connectivity index (χ4v) is 1.63. The lowest BCUT2D eigenvalue weighted by molar-refractivity contribution is 1.62. The minimum Gasteiger partial charge on any atom is -0.237 e. The average Bonchev–Trinajstić information content (AvgIpc) is 2.30. The van der Waals surface area contributed by atoms with E-state index in [9.17, 15) is 0 Å². The van der Waals surface area contributed by atoms with Crippen LogP contribution in [0, 0.1) is 6.57 Å². The van der Waals surface area contributed by atoms with Crippen molar-refractivity contribution in [3.8, 4) is 11.1 Å². The van der Waals surface area contributed by atoms with E-state index in [4.69, 9.17) is 18.2 Å². The van der Waals surface area contributed by atoms with Crippen molar-refractivity contribution in [1.29, 1.82) is 0 Å². The third kappa shape index (κ3) is 2.01. The van der Waals surface area contributed by atoms with Crippen LogP contribution >= 0.6 is 11.6 Å². The molecule has 0 aliphatic heterocycles. The van der Waals surface area contributed by atoms with Crippen molar-refractivity contribution >= 4 is 17.3 Å². The molecule has 1 nitrogen and oxygen atoms in total. The third-order valence-corrected chi connectivity index (χ3v) is 2.48. The Balaban J connectivity index is 2.49. The van der Waals surface area contributed by atoms with Crippen LogP contribution in [0.2, 0.25) is 5.02 Å². The molecule has 2 aromatic carbocycles. The van der Waals surface area contributed by atoms with Crippen LogP contribution in [0.4, 0.5) is 5.69 Å². The van der Waals surface area contributed by atoms with Gasteiger partial charge in [-0.2, -0.15) is 0 Å². The van der Waals surface area contributed by atoms with Gasteiger partial charge in [0.2, 0.25) is 5.69 Å². The topological polar surface area (TPSA) is 4.36 Å². The van der Waals surface area contributed by atoms with E-state index >= 15 is 0 Å². The molecule has 0 radical (unpaired) electrons. The molecular weight excluding hydrogens is 205 g/mol. The van der Waals surface area contributed by atoms with Gasteiger partial charge in [-0.3, -0.25) is 0 Å². The number of benzene rings is 2. The van der Waals surface area contributed by atoms with Crippen LogP contribution < -0.4 is 0 Å². The Hall–Kier alpha value is -1.78. The third-order valence-electron chi connectivity index (χ3n) is 2.18. The van der Waals surface area contributed by atoms with Crippen molar-refractivity contribution in [3.63, 3.8) is 0 Å². The first-order chi connectivity index (χ1) is 7.31. The van der Waals surface area contributed by atoms with Gasteiger partial charge in [0, 0.05) is 5.02 Å². The lowest BCUT2D eigenvalue weighted by Crippen LogP contribution is -1.76. The smallest absolute Gasteiger partial charge is 0.205 e. The summed E-state index contributed by atoms with van der Waals surface area (Å²) in [6.07, 6.45) is 0. The van der Waals surface area contributed by atoms with E-state index in [1.165, 1.54) is 0 Å². The zero-order valence-corrected chi connectivity index (χ0v) is 8.70. The lowest BCUT2D eigenvalue weighted by Gasteiger charge is -2.02. The summed E-state index contributed by atoms with van der Waals surface area (Å²) in [4.78, 5) is 3.32. The molecule has 0 fully saturated rings. The molecule has 15 heavy (non-hydrogen) atoms. The number of hydrogen-bond donors (Lipinski definition) is 0. The predicted molar refractivity (Wildman–Crippen MR) is 63.2 cm³/mol. The second-order valence-corrected chi connectivity index (χ2v) is 3.55. The quantitative estimate of drug-likeness (QED) is 0.611. The maximum absolute atomic E-state index is 6.90. The van der Waals surface area contributed by atoms with E-state index in [-0.39, 0.29) is 0 Å². The molecule has 0 saturated heterocycles. The molecule has 2 aromatic rings. The van der Waals surface area contributed by atoms with Gasteiger partial charge in [0.25, 0.3) is 0 Å². The van der Waals surface area contributed by atoms with Gasteiger partial charge >= 0.3 is 0 Å². The largest absolute Gasteiger partial charge is 0.237 e. The average molecular weight is 213 g/mol. The standard InChI is InChI=1S/C13H8ClN/c1-15-13-8-7-11(9-12(13)14)10-5-3-2-4-6-10/h2-9H/i1-1. The van der Waals surface area contributed by atoms with Gasteiger partial charge in [-0.25, -0.2) is 4.85 Å². The summed E-state index contributed by atoms with van der Waals surface area (Å²) in [6.45, 7) is 6.90. The normalized spacial score (nSPS) is 9.60. The second kappa shape index (κ2) is 4.16. The maximum Gasteiger partial charge on any atom is 0.205 e. The highest BCUT2D eigenvalue weighted by Crippen LogP contribution is 2.30. The van der Waals surface area contributed by atoms with Crippen molar-refractivity contribution in [1.82, 2.24) is 0 Å². The molecule has 0 saturated carbocycles. The SMILES string of the molecule is [11C-]#[N+]c1ccc(-c2ccccc2)cc1Cl. The number of rotatable bonds is 1. The van der Waals surface area contributed by atoms with Crippen molar-refractivity contribution in [3.05, 3.63) is 65.0 Å². The van der Waals surface area contributed by atoms with Crippen molar-refractivity contribution in [2.24, 2.45) is 0 Å². The summed E-state index contributed by atoms with van der Waals surface area (Å²) in [6, 6.07) is 15.4. The molecule has 0 unspecified atom stereocenters. The van der Waals surface area contributed by atoms with Gasteiger partial charge in [-0.05, 0) is 17.2 Å². The molecular formula is C13H8ClN. The Morgan fingerprint density at radius 2 is 1.67 bits per heavy atom. The Labute approximate surface area is 93.8 Å². The zero-order chi connectivity index (χ0) is 10.7. The minimum atomic E-state index is 0.497. The van der Waals surface area contributed by atoms with Crippen molar-refractivity contribution in [2.75, 3.05) is 0 Å². The highest BCUT2D eigenvalue weighted by Gasteiger charge is 2.02. The summed E-state index contributed by atoms with van der Waals surface area (Å²) in [5.41, 5.74) is 2.64. The predicted octanol–water partition coefficient (Wildman–Crippen LogP) is 4.56. The van der Waals surface area contributed by atoms with Crippen LogP contribution in [0.3, 0.4) is 0 Å². The Morgan fingerprint density at radius 3 is 2.27 bits per heavy atom. The molecule has 2 rings (SSSR count). The monoisotopic (exact) mass is 212 g/mol. The molecule has 0 N–H and O–H groups in total. The van der Waals surface area contributed by atoms with Gasteiger partial charge in [-0.1, -0.05) is 54.1 Å². The van der Waals surface area contributed by atoms with Crippen LogP contribution in [-0.2, 0) is 0 Å². The fourth-order valence-electron chi connectivity index (χ4n) is 1.41. The van der Waals surface area contributed by atoms with E-state index in [0.29, 0.717) is 10.7 Å². The molecule has 0 atom stereocenters. The van der Waals surface area contributed by atoms with Crippen LogP contribution in [-0.4, -0.2) is 0 Å². The van der Waals surface area contributed by atoms with Crippen LogP contribution in [0.5, 0.6) is 0 Å². The van der Waals surface area contributed by atoms with Crippen molar-refractivity contribution in [2.45, 2.75) is 0 Å². The molecule has 0 bridgehead atoms. The molecule has 0 spiro atoms. The van der Waals surface area contributed by atoms with Crippen LogP contribution in [0.1, 0.15) is 0 Å². The highest BCUT2D eigenvalue weighted by atomic mass is 35.5. The van der Waals surface area contributed by atoms with E-state index in [1.54, 1.807) is 6.07 Å². The summed E-state index contributed by atoms with van der Waals surface area (Å²) in [5, 5.41) is 0.506. The molecule has 0 aromatic heterocycles. The maximum atomic E-state index is 6.90. The Bertz CT molecular complexity index is 512. The molecule has 0 aliphatic carbocycles. The van der Waals surface area contributed by atoms with Crippen molar-refractivity contribution < 1.29 is 0 Å². The minimum absolute atomic E-state index is 0.497. The highest BCUT2D eigenvalue weighted by molar-refractivity contribution is 6.33. The van der Waals surface area contributed by atoms with E-state index in [1.807, 2.05) is 42.5 Å². The van der Waals surface area contributed by atoms with E-state index in [0.717, 1.165) is 11.1 Å². The molecule has 0 aliphatic rings. The summed E-state index contributed by atoms with van der Waals surface area (Å²) >= 11 is 5.97. The Morgan fingerprint density at radius 1 is 0.933 bits per heavy atom. The first-order valence-electron chi connectivity index (χ1n) is 4.53. The number of halogens is 1. The Kier molecular flexibility index (Phi) is 2.71. The second-order valence-electron chi connectivity index (χ2n) is 3.14. The number of hydrogen-bond acceptors (Lipinski definition) is 0. The summed E-state index contributed by atoms with van der Waals surface area (Å²) in [5.74, 6) is 0. The van der Waals surface area contributed by atoms with E-state index in [2.05, 4.69) is 4.85 Å². The first kappa shape index (κ1) is 9.76. The summed E-state index contributed by atoms with van der Waals surface area (Å²) < 4.78 is 0. The number of nitrogens with zero attached hydrogens (tertiary/aromatic N) is 1. The fraction of sp³-hybridized carbons (Fsp3) is 0. The molecule has 2 heteroatoms.